The number of likely N-dealkylation sites (tertiary alicyclic amines) is 1. The smallest absolute Gasteiger partial charge is 0.274 e. The number of nitrogen functional groups attached to an aromatic ring is 1. The van der Waals surface area contributed by atoms with E-state index in [4.69, 9.17) is 15.1 Å². The molecular weight excluding hydrogens is 508 g/mol. The molecule has 2 saturated heterocycles. The van der Waals surface area contributed by atoms with Crippen molar-refractivity contribution in [2.75, 3.05) is 30.8 Å². The molecule has 12 nitrogen and oxygen atoms in total. The van der Waals surface area contributed by atoms with Gasteiger partial charge in [0, 0.05) is 48.8 Å². The van der Waals surface area contributed by atoms with Crippen LogP contribution in [0.4, 0.5) is 11.6 Å². The second-order valence-corrected chi connectivity index (χ2v) is 10.3. The number of imidazole rings is 1. The largest absolute Gasteiger partial charge is 0.443 e. The third kappa shape index (κ3) is 4.13. The van der Waals surface area contributed by atoms with Gasteiger partial charge in [-0.2, -0.15) is 0 Å². The highest BCUT2D eigenvalue weighted by Gasteiger charge is 2.41. The van der Waals surface area contributed by atoms with Crippen LogP contribution in [0, 0.1) is 6.92 Å². The number of anilines is 2. The van der Waals surface area contributed by atoms with E-state index in [0.29, 0.717) is 29.0 Å². The van der Waals surface area contributed by atoms with Crippen molar-refractivity contribution in [1.82, 2.24) is 39.5 Å². The van der Waals surface area contributed by atoms with E-state index in [1.165, 1.54) is 12.5 Å². The van der Waals surface area contributed by atoms with E-state index >= 15 is 0 Å². The molecule has 12 heteroatoms. The van der Waals surface area contributed by atoms with Crippen molar-refractivity contribution < 1.29 is 9.21 Å². The number of hydrogen-bond acceptors (Lipinski definition) is 10. The van der Waals surface area contributed by atoms with Crippen molar-refractivity contribution in [3.05, 3.63) is 72.3 Å². The molecular formula is C28H28N10O2. The number of nitrogens with one attached hydrogen (secondary N) is 1. The van der Waals surface area contributed by atoms with Crippen LogP contribution in [0.2, 0.25) is 0 Å². The molecule has 2 atom stereocenters. The van der Waals surface area contributed by atoms with Gasteiger partial charge in [0.2, 0.25) is 5.89 Å². The predicted octanol–water partition coefficient (Wildman–Crippen LogP) is 2.55. The number of rotatable bonds is 6. The van der Waals surface area contributed by atoms with Crippen molar-refractivity contribution in [2.45, 2.75) is 32.0 Å². The second kappa shape index (κ2) is 9.42. The van der Waals surface area contributed by atoms with Gasteiger partial charge in [0.25, 0.3) is 5.91 Å². The van der Waals surface area contributed by atoms with Crippen molar-refractivity contribution in [3.8, 4) is 22.8 Å². The molecule has 0 spiro atoms. The first-order valence-electron chi connectivity index (χ1n) is 13.2. The molecule has 0 saturated carbocycles. The van der Waals surface area contributed by atoms with Gasteiger partial charge in [-0.1, -0.05) is 6.07 Å². The van der Waals surface area contributed by atoms with Crippen LogP contribution in [0.1, 0.15) is 28.3 Å². The van der Waals surface area contributed by atoms with Gasteiger partial charge in [0.1, 0.15) is 23.4 Å². The summed E-state index contributed by atoms with van der Waals surface area (Å²) in [5.41, 5.74) is 10.3. The number of oxazole rings is 1. The minimum absolute atomic E-state index is 0.0174. The first kappa shape index (κ1) is 24.2. The van der Waals surface area contributed by atoms with Crippen LogP contribution in [0.5, 0.6) is 0 Å². The number of fused-ring (bicyclic) bond motifs is 3. The van der Waals surface area contributed by atoms with Crippen LogP contribution in [-0.4, -0.2) is 72.3 Å². The number of amides is 1. The Hall–Kier alpha value is -4.84. The monoisotopic (exact) mass is 536 g/mol. The molecule has 0 radical (unpaired) electrons. The third-order valence-corrected chi connectivity index (χ3v) is 7.77. The molecule has 0 aliphatic carbocycles. The lowest BCUT2D eigenvalue weighted by Gasteiger charge is -2.32. The summed E-state index contributed by atoms with van der Waals surface area (Å²) in [4.78, 5) is 40.7. The quantitative estimate of drug-likeness (QED) is 0.332. The van der Waals surface area contributed by atoms with Crippen molar-refractivity contribution in [1.29, 1.82) is 0 Å². The van der Waals surface area contributed by atoms with Gasteiger partial charge in [-0.15, -0.1) is 0 Å². The summed E-state index contributed by atoms with van der Waals surface area (Å²) in [6, 6.07) is 10.7. The fourth-order valence-corrected chi connectivity index (χ4v) is 5.68. The van der Waals surface area contributed by atoms with Crippen LogP contribution in [0.25, 0.3) is 28.5 Å². The van der Waals surface area contributed by atoms with Gasteiger partial charge in [0.15, 0.2) is 17.2 Å². The number of nitrogens with two attached hydrogens (primary N) is 1. The molecule has 2 fully saturated rings. The number of hydrogen-bond donors (Lipinski definition) is 2. The van der Waals surface area contributed by atoms with E-state index in [-0.39, 0.29) is 23.9 Å². The molecule has 202 valence electrons. The summed E-state index contributed by atoms with van der Waals surface area (Å²) < 4.78 is 7.45. The fraction of sp³-hybridized carbons (Fsp3) is 0.286. The Labute approximate surface area is 229 Å². The fourth-order valence-electron chi connectivity index (χ4n) is 5.68. The molecule has 3 N–H and O–H groups in total. The summed E-state index contributed by atoms with van der Waals surface area (Å²) in [7, 11) is 2.18. The van der Waals surface area contributed by atoms with Gasteiger partial charge in [-0.05, 0) is 44.7 Å². The number of carbonyl (C=O) groups excluding carboxylic acids is 1. The lowest BCUT2D eigenvalue weighted by Crippen LogP contribution is -2.45. The Kier molecular flexibility index (Phi) is 5.70. The first-order chi connectivity index (χ1) is 19.4. The number of carbonyl (C=O) groups is 1. The number of aromatic nitrogens is 6. The number of piperazine rings is 1. The van der Waals surface area contributed by atoms with Crippen molar-refractivity contribution in [2.24, 2.45) is 0 Å². The van der Waals surface area contributed by atoms with E-state index < -0.39 is 5.91 Å². The SMILES string of the molecule is Cc1cnc2ccc(-c3nc(C(=O)NCc4cccc(N5C[C@@H]6C[C@H]5CN6C)n4)c(N)nc3-c3ncco3)cn12. The number of likely N-dealkylation sites (N-methyl/N-ethyl adjacent to an activating group) is 1. The van der Waals surface area contributed by atoms with Gasteiger partial charge < -0.3 is 24.8 Å². The van der Waals surface area contributed by atoms with Gasteiger partial charge in [0.05, 0.1) is 18.4 Å². The zero-order chi connectivity index (χ0) is 27.4. The lowest BCUT2D eigenvalue weighted by molar-refractivity contribution is 0.0946. The normalized spacial score (nSPS) is 18.6. The van der Waals surface area contributed by atoms with E-state index in [1.807, 2.05) is 47.9 Å². The lowest BCUT2D eigenvalue weighted by atomic mass is 10.1. The Morgan fingerprint density at radius 2 is 2.00 bits per heavy atom. The molecule has 1 amide bonds. The zero-order valence-electron chi connectivity index (χ0n) is 22.2. The minimum Gasteiger partial charge on any atom is -0.443 e. The van der Waals surface area contributed by atoms with E-state index in [2.05, 4.69) is 42.1 Å². The highest BCUT2D eigenvalue weighted by atomic mass is 16.3. The van der Waals surface area contributed by atoms with Crippen LogP contribution in [0.3, 0.4) is 0 Å². The molecule has 2 aliphatic rings. The molecule has 2 bridgehead atoms. The summed E-state index contributed by atoms with van der Waals surface area (Å²) >= 11 is 0. The Morgan fingerprint density at radius 1 is 1.10 bits per heavy atom. The van der Waals surface area contributed by atoms with E-state index in [0.717, 1.165) is 42.4 Å². The predicted molar refractivity (Wildman–Crippen MR) is 148 cm³/mol. The summed E-state index contributed by atoms with van der Waals surface area (Å²) in [6.07, 6.45) is 7.82. The zero-order valence-corrected chi connectivity index (χ0v) is 22.2. The average molecular weight is 537 g/mol. The van der Waals surface area contributed by atoms with Gasteiger partial charge in [-0.25, -0.2) is 24.9 Å². The minimum atomic E-state index is -0.445. The number of nitrogens with zero attached hydrogens (tertiary/aromatic N) is 8. The Morgan fingerprint density at radius 3 is 2.77 bits per heavy atom. The third-order valence-electron chi connectivity index (χ3n) is 7.77. The molecule has 0 unspecified atom stereocenters. The molecule has 2 aliphatic heterocycles. The summed E-state index contributed by atoms with van der Waals surface area (Å²) in [5.74, 6) is 0.730. The molecule has 0 aromatic carbocycles. The van der Waals surface area contributed by atoms with Gasteiger partial charge in [-0.3, -0.25) is 9.69 Å². The van der Waals surface area contributed by atoms with E-state index in [9.17, 15) is 4.79 Å². The van der Waals surface area contributed by atoms with Crippen LogP contribution >= 0.6 is 0 Å². The Bertz CT molecular complexity index is 1730. The second-order valence-electron chi connectivity index (χ2n) is 10.3. The molecule has 5 aromatic heterocycles. The maximum absolute atomic E-state index is 13.3. The maximum atomic E-state index is 13.3. The van der Waals surface area contributed by atoms with Crippen LogP contribution in [-0.2, 0) is 6.54 Å². The highest BCUT2D eigenvalue weighted by molar-refractivity contribution is 5.97. The highest BCUT2D eigenvalue weighted by Crippen LogP contribution is 2.33. The number of pyridine rings is 2. The summed E-state index contributed by atoms with van der Waals surface area (Å²) in [5, 5.41) is 2.92. The van der Waals surface area contributed by atoms with Crippen molar-refractivity contribution >= 4 is 23.2 Å². The maximum Gasteiger partial charge on any atom is 0.274 e. The van der Waals surface area contributed by atoms with Gasteiger partial charge >= 0.3 is 0 Å². The standard InChI is InChI=1S/C28H28N10O2/c1-16-11-31-21-7-6-17(13-37(16)21)23-24(28-30-8-9-40-28)35-26(29)25(34-23)27(39)32-12-18-4-3-5-22(33-18)38-15-19-10-20(38)14-36(19)2/h3-9,11,13,19-20H,10,12,14-15H2,1-2H3,(H2,29,35)(H,32,39)/t19-,20-/m0/s1. The molecule has 40 heavy (non-hydrogen) atoms. The van der Waals surface area contributed by atoms with E-state index in [1.54, 1.807) is 6.20 Å². The average Bonchev–Trinajstić information content (AvgIpc) is 3.77. The first-order valence-corrected chi connectivity index (χ1v) is 13.2. The topological polar surface area (TPSA) is 144 Å². The molecule has 5 aromatic rings. The molecule has 7 heterocycles. The van der Waals surface area contributed by atoms with Crippen LogP contribution in [0.15, 0.2) is 59.6 Å². The summed E-state index contributed by atoms with van der Waals surface area (Å²) in [6.45, 7) is 4.21. The van der Waals surface area contributed by atoms with Crippen molar-refractivity contribution in [3.63, 3.8) is 0 Å². The number of aryl methyl sites for hydroxylation is 1. The molecule has 7 rings (SSSR count). The Balaban J connectivity index is 1.17. The van der Waals surface area contributed by atoms with Crippen LogP contribution < -0.4 is 16.0 Å².